The van der Waals surface area contributed by atoms with Crippen molar-refractivity contribution in [3.8, 4) is 11.5 Å². The van der Waals surface area contributed by atoms with Crippen LogP contribution in [0.2, 0.25) is 0 Å². The van der Waals surface area contributed by atoms with Gasteiger partial charge in [-0.05, 0) is 61.9 Å². The van der Waals surface area contributed by atoms with Gasteiger partial charge < -0.3 is 24.5 Å². The second-order valence-electron chi connectivity index (χ2n) is 7.94. The minimum atomic E-state index is -0.142. The van der Waals surface area contributed by atoms with Gasteiger partial charge in [-0.1, -0.05) is 6.92 Å². The molecule has 0 saturated carbocycles. The van der Waals surface area contributed by atoms with E-state index in [9.17, 15) is 4.79 Å². The maximum atomic E-state index is 13.5. The molecular formula is C24H28N2O4S. The Hall–Kier alpha value is -2.93. The zero-order valence-electron chi connectivity index (χ0n) is 18.3. The van der Waals surface area contributed by atoms with Crippen LogP contribution in [0.1, 0.15) is 45.7 Å². The molecule has 2 aromatic heterocycles. The van der Waals surface area contributed by atoms with Gasteiger partial charge in [0.1, 0.15) is 28.0 Å². The maximum absolute atomic E-state index is 13.5. The van der Waals surface area contributed by atoms with Gasteiger partial charge in [0.2, 0.25) is 0 Å². The molecule has 1 amide bonds. The van der Waals surface area contributed by atoms with Crippen LogP contribution in [0.15, 0.2) is 34.7 Å². The summed E-state index contributed by atoms with van der Waals surface area (Å²) in [5.74, 6) is 3.45. The number of fused-ring (bicyclic) bond motifs is 1. The first kappa shape index (κ1) is 21.3. The van der Waals surface area contributed by atoms with Crippen molar-refractivity contribution in [2.24, 2.45) is 5.92 Å². The van der Waals surface area contributed by atoms with Crippen molar-refractivity contribution in [1.29, 1.82) is 0 Å². The fraction of sp³-hybridized carbons (Fsp3) is 0.375. The SMILES string of the molecule is COc1ccc(OC)c(NC(=O)c2c(NCc3ccc(C)o3)sc3c2CC[C@H](C)C3)c1. The summed E-state index contributed by atoms with van der Waals surface area (Å²) in [5, 5.41) is 7.36. The fourth-order valence-corrected chi connectivity index (χ4v) is 5.36. The van der Waals surface area contributed by atoms with Gasteiger partial charge >= 0.3 is 0 Å². The van der Waals surface area contributed by atoms with Crippen LogP contribution in [0.25, 0.3) is 0 Å². The van der Waals surface area contributed by atoms with E-state index in [1.54, 1.807) is 43.8 Å². The summed E-state index contributed by atoms with van der Waals surface area (Å²) in [6.07, 6.45) is 3.00. The number of carbonyl (C=O) groups excluding carboxylic acids is 1. The summed E-state index contributed by atoms with van der Waals surface area (Å²) in [6.45, 7) is 4.73. The average molecular weight is 441 g/mol. The lowest BCUT2D eigenvalue weighted by Gasteiger charge is -2.19. The molecule has 0 bridgehead atoms. The molecule has 1 aliphatic carbocycles. The highest BCUT2D eigenvalue weighted by Gasteiger charge is 2.28. The van der Waals surface area contributed by atoms with Gasteiger partial charge in [-0.15, -0.1) is 11.3 Å². The molecule has 0 saturated heterocycles. The Balaban J connectivity index is 1.65. The largest absolute Gasteiger partial charge is 0.497 e. The van der Waals surface area contributed by atoms with Crippen molar-refractivity contribution in [2.45, 2.75) is 39.7 Å². The van der Waals surface area contributed by atoms with Crippen LogP contribution in [-0.4, -0.2) is 20.1 Å². The van der Waals surface area contributed by atoms with E-state index >= 15 is 0 Å². The van der Waals surface area contributed by atoms with Crippen LogP contribution < -0.4 is 20.1 Å². The summed E-state index contributed by atoms with van der Waals surface area (Å²) in [6, 6.07) is 9.27. The van der Waals surface area contributed by atoms with Crippen molar-refractivity contribution in [3.05, 3.63) is 57.9 Å². The Morgan fingerprint density at radius 1 is 1.23 bits per heavy atom. The quantitative estimate of drug-likeness (QED) is 0.496. The van der Waals surface area contributed by atoms with E-state index in [-0.39, 0.29) is 5.91 Å². The molecule has 6 nitrogen and oxygen atoms in total. The molecule has 1 aliphatic rings. The summed E-state index contributed by atoms with van der Waals surface area (Å²) in [7, 11) is 3.19. The third-order valence-electron chi connectivity index (χ3n) is 5.61. The van der Waals surface area contributed by atoms with Crippen LogP contribution in [-0.2, 0) is 19.4 Å². The zero-order chi connectivity index (χ0) is 22.0. The smallest absolute Gasteiger partial charge is 0.259 e. The first-order valence-corrected chi connectivity index (χ1v) is 11.3. The number of thiophene rings is 1. The Kier molecular flexibility index (Phi) is 6.23. The molecule has 0 fully saturated rings. The lowest BCUT2D eigenvalue weighted by molar-refractivity contribution is 0.102. The van der Waals surface area contributed by atoms with E-state index in [0.29, 0.717) is 29.6 Å². The first-order chi connectivity index (χ1) is 15.0. The molecule has 0 unspecified atom stereocenters. The highest BCUT2D eigenvalue weighted by molar-refractivity contribution is 7.16. The number of hydrogen-bond acceptors (Lipinski definition) is 6. The van der Waals surface area contributed by atoms with Gasteiger partial charge in [-0.2, -0.15) is 0 Å². The number of methoxy groups -OCH3 is 2. The third-order valence-corrected chi connectivity index (χ3v) is 6.82. The minimum Gasteiger partial charge on any atom is -0.497 e. The number of benzene rings is 1. The van der Waals surface area contributed by atoms with Crippen LogP contribution in [0.5, 0.6) is 11.5 Å². The van der Waals surface area contributed by atoms with E-state index < -0.39 is 0 Å². The van der Waals surface area contributed by atoms with Gasteiger partial charge in [0.05, 0.1) is 32.0 Å². The number of hydrogen-bond donors (Lipinski definition) is 2. The molecule has 0 spiro atoms. The number of rotatable bonds is 7. The topological polar surface area (TPSA) is 72.7 Å². The normalized spacial score (nSPS) is 15.3. The molecular weight excluding hydrogens is 412 g/mol. The van der Waals surface area contributed by atoms with Crippen molar-refractivity contribution in [2.75, 3.05) is 24.9 Å². The van der Waals surface area contributed by atoms with Crippen molar-refractivity contribution in [3.63, 3.8) is 0 Å². The minimum absolute atomic E-state index is 0.142. The van der Waals surface area contributed by atoms with Crippen molar-refractivity contribution in [1.82, 2.24) is 0 Å². The fourth-order valence-electron chi connectivity index (χ4n) is 3.96. The molecule has 31 heavy (non-hydrogen) atoms. The summed E-state index contributed by atoms with van der Waals surface area (Å²) in [4.78, 5) is 14.8. The number of furan rings is 1. The van der Waals surface area contributed by atoms with Crippen molar-refractivity contribution >= 4 is 27.9 Å². The number of carbonyl (C=O) groups is 1. The number of ether oxygens (including phenoxy) is 2. The second kappa shape index (κ2) is 9.06. The predicted molar refractivity (Wildman–Crippen MR) is 124 cm³/mol. The van der Waals surface area contributed by atoms with Gasteiger partial charge in [0.15, 0.2) is 0 Å². The maximum Gasteiger partial charge on any atom is 0.259 e. The molecule has 2 heterocycles. The standard InChI is InChI=1S/C24H28N2O4S/c1-14-5-9-18-21(11-14)31-24(25-13-17-7-6-15(2)30-17)22(18)23(27)26-19-12-16(28-3)8-10-20(19)29-4/h6-8,10,12,14,25H,5,9,11,13H2,1-4H3,(H,26,27)/t14-/m0/s1. The average Bonchev–Trinajstić information content (AvgIpc) is 3.34. The third kappa shape index (κ3) is 4.56. The number of nitrogens with one attached hydrogen (secondary N) is 2. The van der Waals surface area contributed by atoms with Crippen LogP contribution in [0.3, 0.4) is 0 Å². The monoisotopic (exact) mass is 440 g/mol. The summed E-state index contributed by atoms with van der Waals surface area (Å²) in [5.41, 5.74) is 2.46. The highest BCUT2D eigenvalue weighted by Crippen LogP contribution is 2.41. The van der Waals surface area contributed by atoms with Crippen LogP contribution in [0.4, 0.5) is 10.7 Å². The summed E-state index contributed by atoms with van der Waals surface area (Å²) < 4.78 is 16.4. The van der Waals surface area contributed by atoms with E-state index in [1.165, 1.54) is 4.88 Å². The van der Waals surface area contributed by atoms with Crippen LogP contribution in [0, 0.1) is 12.8 Å². The molecule has 0 aliphatic heterocycles. The Morgan fingerprint density at radius 3 is 2.77 bits per heavy atom. The zero-order valence-corrected chi connectivity index (χ0v) is 19.2. The van der Waals surface area contributed by atoms with Gasteiger partial charge in [-0.3, -0.25) is 4.79 Å². The van der Waals surface area contributed by atoms with Gasteiger partial charge in [0, 0.05) is 10.9 Å². The number of amides is 1. The molecule has 1 atom stereocenters. The molecule has 4 rings (SSSR count). The van der Waals surface area contributed by atoms with Crippen LogP contribution >= 0.6 is 11.3 Å². The lowest BCUT2D eigenvalue weighted by Crippen LogP contribution is -2.18. The highest BCUT2D eigenvalue weighted by atomic mass is 32.1. The van der Waals surface area contributed by atoms with E-state index in [2.05, 4.69) is 17.6 Å². The molecule has 0 radical (unpaired) electrons. The summed E-state index contributed by atoms with van der Waals surface area (Å²) >= 11 is 1.68. The predicted octanol–water partition coefficient (Wildman–Crippen LogP) is 5.66. The molecule has 3 aromatic rings. The van der Waals surface area contributed by atoms with Crippen molar-refractivity contribution < 1.29 is 18.7 Å². The Labute approximate surface area is 186 Å². The van der Waals surface area contributed by atoms with Gasteiger partial charge in [-0.25, -0.2) is 0 Å². The lowest BCUT2D eigenvalue weighted by atomic mass is 9.88. The van der Waals surface area contributed by atoms with E-state index in [0.717, 1.165) is 46.9 Å². The second-order valence-corrected chi connectivity index (χ2v) is 9.05. The first-order valence-electron chi connectivity index (χ1n) is 10.5. The molecule has 1 aromatic carbocycles. The number of anilines is 2. The molecule has 7 heteroatoms. The number of aryl methyl sites for hydroxylation is 1. The molecule has 164 valence electrons. The van der Waals surface area contributed by atoms with E-state index in [1.807, 2.05) is 19.1 Å². The Morgan fingerprint density at radius 2 is 2.06 bits per heavy atom. The molecule has 2 N–H and O–H groups in total. The van der Waals surface area contributed by atoms with E-state index in [4.69, 9.17) is 13.9 Å². The Bertz CT molecular complexity index is 1090. The van der Waals surface area contributed by atoms with Gasteiger partial charge in [0.25, 0.3) is 5.91 Å².